The molecule has 0 aromatic carbocycles. The Kier molecular flexibility index (Phi) is 4.22. The number of aliphatic hydroxyl groups excluding tert-OH is 3. The van der Waals surface area contributed by atoms with Crippen molar-refractivity contribution in [1.29, 1.82) is 0 Å². The molecule has 76 valence electrons. The summed E-state index contributed by atoms with van der Waals surface area (Å²) >= 11 is 0. The molecular weight excluding hydrogens is 224 g/mol. The number of carbonyl (C=O) groups excluding carboxylic acids is 1. The fourth-order valence-corrected chi connectivity index (χ4v) is 0.815. The summed E-state index contributed by atoms with van der Waals surface area (Å²) in [5, 5.41) is 36.8. The van der Waals surface area contributed by atoms with Crippen LogP contribution in [0.5, 0.6) is 0 Å². The van der Waals surface area contributed by atoms with Crippen LogP contribution in [0.1, 0.15) is 0 Å². The molecule has 0 aromatic heterocycles. The number of esters is 1. The molecule has 0 saturated heterocycles. The Hall–Kier alpha value is -0.751. The van der Waals surface area contributed by atoms with Crippen LogP contribution in [0.25, 0.3) is 0 Å². The number of carbonyl (C=O) groups is 1. The third kappa shape index (κ3) is 2.13. The summed E-state index contributed by atoms with van der Waals surface area (Å²) in [4.78, 5) is 10.5. The van der Waals surface area contributed by atoms with Gasteiger partial charge in [-0.2, -0.15) is 0 Å². The van der Waals surface area contributed by atoms with Crippen molar-refractivity contribution in [3.05, 3.63) is 11.5 Å². The third-order valence-corrected chi connectivity index (χ3v) is 1.46. The summed E-state index contributed by atoms with van der Waals surface area (Å²) in [6.07, 6.45) is -2.88. The number of hydrogen-bond donors (Lipinski definition) is 3. The van der Waals surface area contributed by atoms with E-state index in [-0.39, 0.29) is 17.1 Å². The van der Waals surface area contributed by atoms with Crippen molar-refractivity contribution in [1.82, 2.24) is 0 Å². The first-order chi connectivity index (χ1) is 5.57. The second-order valence-electron chi connectivity index (χ2n) is 2.29. The van der Waals surface area contributed by atoms with Crippen LogP contribution in [0.15, 0.2) is 11.5 Å². The van der Waals surface area contributed by atoms with Gasteiger partial charge in [-0.3, -0.25) is 0 Å². The normalized spacial score (nSPS) is 23.8. The van der Waals surface area contributed by atoms with Crippen molar-refractivity contribution in [3.8, 4) is 0 Å². The Morgan fingerprint density at radius 2 is 2.15 bits per heavy atom. The molecule has 3 N–H and O–H groups in total. The molecule has 0 saturated carbocycles. The predicted molar refractivity (Wildman–Crippen MR) is 32.6 cm³/mol. The van der Waals surface area contributed by atoms with E-state index in [9.17, 15) is 9.90 Å². The van der Waals surface area contributed by atoms with Crippen molar-refractivity contribution < 1.29 is 47.0 Å². The van der Waals surface area contributed by atoms with Gasteiger partial charge >= 0.3 is 5.97 Å². The van der Waals surface area contributed by atoms with Crippen molar-refractivity contribution in [2.75, 3.05) is 6.61 Å². The standard InChI is InChI=1S/C6H8O6.Fe/c7-1-2(8)5-3(9)4(10)6(11)12-5;/h2,5,7-10H,1H2;/p-1/t2-,5+;/m0./s1. The maximum Gasteiger partial charge on any atom is 0.327 e. The van der Waals surface area contributed by atoms with E-state index >= 15 is 0 Å². The Morgan fingerprint density at radius 1 is 1.62 bits per heavy atom. The maximum atomic E-state index is 10.6. The average molecular weight is 231 g/mol. The number of cyclic esters (lactones) is 1. The van der Waals surface area contributed by atoms with Gasteiger partial charge in [0.2, 0.25) is 0 Å². The largest absolute Gasteiger partial charge is 0.865 e. The maximum absolute atomic E-state index is 10.6. The Balaban J connectivity index is 0.00000144. The zero-order valence-corrected chi connectivity index (χ0v) is 7.39. The molecule has 0 amide bonds. The monoisotopic (exact) mass is 231 g/mol. The molecule has 13 heavy (non-hydrogen) atoms. The first kappa shape index (κ1) is 12.2. The zero-order valence-electron chi connectivity index (χ0n) is 6.28. The van der Waals surface area contributed by atoms with Gasteiger partial charge in [-0.1, -0.05) is 0 Å². The van der Waals surface area contributed by atoms with Gasteiger partial charge < -0.3 is 25.2 Å². The van der Waals surface area contributed by atoms with Gasteiger partial charge in [0.15, 0.2) is 6.10 Å². The van der Waals surface area contributed by atoms with Gasteiger partial charge in [0.1, 0.15) is 11.9 Å². The number of hydrogen-bond acceptors (Lipinski definition) is 6. The van der Waals surface area contributed by atoms with Crippen LogP contribution in [0, 0.1) is 0 Å². The summed E-state index contributed by atoms with van der Waals surface area (Å²) in [7, 11) is 0. The molecule has 0 aromatic rings. The van der Waals surface area contributed by atoms with Gasteiger partial charge in [-0.05, 0) is 0 Å². The van der Waals surface area contributed by atoms with E-state index in [1.807, 2.05) is 0 Å². The van der Waals surface area contributed by atoms with Crippen LogP contribution in [0.3, 0.4) is 0 Å². The molecule has 0 aliphatic carbocycles. The smallest absolute Gasteiger partial charge is 0.327 e. The van der Waals surface area contributed by atoms with Crippen LogP contribution in [-0.2, 0) is 26.6 Å². The molecule has 0 radical (unpaired) electrons. The predicted octanol–water partition coefficient (Wildman–Crippen LogP) is -2.61. The Bertz CT molecular complexity index is 237. The minimum absolute atomic E-state index is 0. The fourth-order valence-electron chi connectivity index (χ4n) is 0.815. The van der Waals surface area contributed by atoms with Crippen molar-refractivity contribution in [3.63, 3.8) is 0 Å². The van der Waals surface area contributed by atoms with Crippen LogP contribution >= 0.6 is 0 Å². The number of aliphatic hydroxyl groups is 3. The Labute approximate surface area is 83.9 Å². The molecule has 1 heterocycles. The first-order valence-electron chi connectivity index (χ1n) is 3.18. The average Bonchev–Trinajstić information content (AvgIpc) is 2.32. The van der Waals surface area contributed by atoms with Crippen LogP contribution in [-0.4, -0.2) is 40.1 Å². The van der Waals surface area contributed by atoms with E-state index < -0.39 is 36.3 Å². The molecule has 1 aliphatic heterocycles. The van der Waals surface area contributed by atoms with Crippen molar-refractivity contribution in [2.24, 2.45) is 0 Å². The SMILES string of the molecule is O=C1O[C@H]([C@@H](O)CO)C(O)=C1[O-].[Fe]. The molecule has 0 bridgehead atoms. The van der Waals surface area contributed by atoms with Crippen LogP contribution < -0.4 is 5.11 Å². The van der Waals surface area contributed by atoms with Crippen molar-refractivity contribution in [2.45, 2.75) is 12.2 Å². The van der Waals surface area contributed by atoms with Gasteiger partial charge in [-0.25, -0.2) is 4.79 Å². The first-order valence-corrected chi connectivity index (χ1v) is 3.18. The molecule has 0 spiro atoms. The van der Waals surface area contributed by atoms with E-state index in [0.29, 0.717) is 0 Å². The summed E-state index contributed by atoms with van der Waals surface area (Å²) in [5.74, 6) is -3.25. The van der Waals surface area contributed by atoms with E-state index in [0.717, 1.165) is 0 Å². The van der Waals surface area contributed by atoms with Gasteiger partial charge in [0.25, 0.3) is 0 Å². The van der Waals surface area contributed by atoms with Crippen LogP contribution in [0.2, 0.25) is 0 Å². The molecule has 1 rings (SSSR count). The summed E-state index contributed by atoms with van der Waals surface area (Å²) in [6.45, 7) is -0.699. The topological polar surface area (TPSA) is 110 Å². The molecule has 0 unspecified atom stereocenters. The van der Waals surface area contributed by atoms with Crippen LogP contribution in [0.4, 0.5) is 0 Å². The quantitative estimate of drug-likeness (QED) is 0.355. The molecular formula is C6H7FeO6-. The van der Waals surface area contributed by atoms with Gasteiger partial charge in [0, 0.05) is 22.8 Å². The zero-order chi connectivity index (χ0) is 9.30. The van der Waals surface area contributed by atoms with E-state index in [4.69, 9.17) is 15.3 Å². The summed E-state index contributed by atoms with van der Waals surface area (Å²) in [6, 6.07) is 0. The number of ether oxygens (including phenoxy) is 1. The second-order valence-corrected chi connectivity index (χ2v) is 2.29. The third-order valence-electron chi connectivity index (χ3n) is 1.46. The van der Waals surface area contributed by atoms with E-state index in [2.05, 4.69) is 4.74 Å². The fraction of sp³-hybridized carbons (Fsp3) is 0.500. The van der Waals surface area contributed by atoms with Crippen molar-refractivity contribution >= 4 is 5.97 Å². The van der Waals surface area contributed by atoms with Gasteiger partial charge in [0.05, 0.1) is 6.61 Å². The minimum Gasteiger partial charge on any atom is -0.865 e. The summed E-state index contributed by atoms with van der Waals surface area (Å²) < 4.78 is 4.25. The summed E-state index contributed by atoms with van der Waals surface area (Å²) in [5.41, 5.74) is 0. The van der Waals surface area contributed by atoms with E-state index in [1.165, 1.54) is 0 Å². The molecule has 2 atom stereocenters. The minimum atomic E-state index is -1.46. The molecule has 7 heteroatoms. The number of rotatable bonds is 2. The second kappa shape index (κ2) is 4.48. The Morgan fingerprint density at radius 3 is 2.46 bits per heavy atom. The van der Waals surface area contributed by atoms with E-state index in [1.54, 1.807) is 0 Å². The molecule has 1 aliphatic rings. The molecule has 6 nitrogen and oxygen atoms in total. The van der Waals surface area contributed by atoms with Gasteiger partial charge in [-0.15, -0.1) is 0 Å². The molecule has 0 fully saturated rings.